The number of aromatic nitrogens is 2. The predicted octanol–water partition coefficient (Wildman–Crippen LogP) is 1.65. The molecule has 1 fully saturated rings. The standard InChI is InChI=1S/C11H16N2O2/c1-2-9-12-10(14)7-11(13-9)15-8-5-3-4-6-8/h7-8H,2-6H2,1H3,(H,12,13,14). The number of hydrogen-bond donors (Lipinski definition) is 1. The van der Waals surface area contributed by atoms with Gasteiger partial charge in [-0.05, 0) is 25.7 Å². The van der Waals surface area contributed by atoms with Crippen LogP contribution in [-0.2, 0) is 6.42 Å². The Balaban J connectivity index is 2.12. The van der Waals surface area contributed by atoms with Gasteiger partial charge in [0.25, 0.3) is 5.56 Å². The number of aromatic amines is 1. The molecule has 0 amide bonds. The fraction of sp³-hybridized carbons (Fsp3) is 0.636. The van der Waals surface area contributed by atoms with Crippen molar-refractivity contribution in [1.82, 2.24) is 9.97 Å². The van der Waals surface area contributed by atoms with Gasteiger partial charge in [0.2, 0.25) is 5.88 Å². The van der Waals surface area contributed by atoms with E-state index in [4.69, 9.17) is 4.74 Å². The zero-order valence-corrected chi connectivity index (χ0v) is 8.95. The van der Waals surface area contributed by atoms with Crippen molar-refractivity contribution in [2.75, 3.05) is 0 Å². The fourth-order valence-corrected chi connectivity index (χ4v) is 1.89. The minimum Gasteiger partial charge on any atom is -0.474 e. The molecular weight excluding hydrogens is 192 g/mol. The third-order valence-corrected chi connectivity index (χ3v) is 2.69. The van der Waals surface area contributed by atoms with Gasteiger partial charge in [-0.15, -0.1) is 0 Å². The molecule has 0 radical (unpaired) electrons. The number of aryl methyl sites for hydroxylation is 1. The summed E-state index contributed by atoms with van der Waals surface area (Å²) in [5.74, 6) is 1.16. The highest BCUT2D eigenvalue weighted by molar-refractivity contribution is 5.09. The van der Waals surface area contributed by atoms with Crippen molar-refractivity contribution in [1.29, 1.82) is 0 Å². The molecular formula is C11H16N2O2. The fourth-order valence-electron chi connectivity index (χ4n) is 1.89. The number of rotatable bonds is 3. The quantitative estimate of drug-likeness (QED) is 0.821. The first-order valence-corrected chi connectivity index (χ1v) is 5.55. The first-order valence-electron chi connectivity index (χ1n) is 5.55. The highest BCUT2D eigenvalue weighted by atomic mass is 16.5. The summed E-state index contributed by atoms with van der Waals surface area (Å²) in [4.78, 5) is 18.2. The lowest BCUT2D eigenvalue weighted by molar-refractivity contribution is 0.200. The van der Waals surface area contributed by atoms with E-state index in [1.165, 1.54) is 18.9 Å². The second kappa shape index (κ2) is 4.47. The molecule has 1 saturated carbocycles. The SMILES string of the molecule is CCc1nc(OC2CCCC2)cc(=O)[nH]1. The molecule has 0 unspecified atom stereocenters. The Morgan fingerprint density at radius 3 is 2.93 bits per heavy atom. The van der Waals surface area contributed by atoms with Crippen LogP contribution in [0.3, 0.4) is 0 Å². The van der Waals surface area contributed by atoms with Gasteiger partial charge in [0.1, 0.15) is 11.9 Å². The summed E-state index contributed by atoms with van der Waals surface area (Å²) in [7, 11) is 0. The summed E-state index contributed by atoms with van der Waals surface area (Å²) in [5.41, 5.74) is -0.130. The van der Waals surface area contributed by atoms with Crippen molar-refractivity contribution in [2.45, 2.75) is 45.1 Å². The molecule has 1 aliphatic carbocycles. The van der Waals surface area contributed by atoms with E-state index in [1.807, 2.05) is 6.92 Å². The first kappa shape index (κ1) is 10.2. The van der Waals surface area contributed by atoms with Gasteiger partial charge in [-0.1, -0.05) is 6.92 Å². The highest BCUT2D eigenvalue weighted by Crippen LogP contribution is 2.22. The summed E-state index contributed by atoms with van der Waals surface area (Å²) in [6.07, 6.45) is 5.57. The topological polar surface area (TPSA) is 55.0 Å². The van der Waals surface area contributed by atoms with Crippen LogP contribution in [0, 0.1) is 0 Å². The Kier molecular flexibility index (Phi) is 3.04. The van der Waals surface area contributed by atoms with E-state index in [0.29, 0.717) is 11.7 Å². The van der Waals surface area contributed by atoms with E-state index in [1.54, 1.807) is 0 Å². The lowest BCUT2D eigenvalue weighted by atomic mass is 10.3. The van der Waals surface area contributed by atoms with Crippen molar-refractivity contribution in [3.8, 4) is 5.88 Å². The average Bonchev–Trinajstić information content (AvgIpc) is 2.69. The predicted molar refractivity (Wildman–Crippen MR) is 57.1 cm³/mol. The van der Waals surface area contributed by atoms with Crippen LogP contribution in [0.1, 0.15) is 38.4 Å². The maximum atomic E-state index is 11.3. The summed E-state index contributed by atoms with van der Waals surface area (Å²) in [6.45, 7) is 1.96. The molecule has 15 heavy (non-hydrogen) atoms. The van der Waals surface area contributed by atoms with E-state index >= 15 is 0 Å². The van der Waals surface area contributed by atoms with Crippen LogP contribution in [-0.4, -0.2) is 16.1 Å². The van der Waals surface area contributed by atoms with E-state index < -0.39 is 0 Å². The monoisotopic (exact) mass is 208 g/mol. The molecule has 1 aromatic heterocycles. The Morgan fingerprint density at radius 1 is 1.53 bits per heavy atom. The second-order valence-corrected chi connectivity index (χ2v) is 3.91. The molecule has 0 saturated heterocycles. The molecule has 0 bridgehead atoms. The van der Waals surface area contributed by atoms with Crippen LogP contribution < -0.4 is 10.3 Å². The van der Waals surface area contributed by atoms with Gasteiger partial charge >= 0.3 is 0 Å². The smallest absolute Gasteiger partial charge is 0.254 e. The van der Waals surface area contributed by atoms with E-state index in [-0.39, 0.29) is 11.7 Å². The van der Waals surface area contributed by atoms with Crippen molar-refractivity contribution < 1.29 is 4.74 Å². The largest absolute Gasteiger partial charge is 0.474 e. The van der Waals surface area contributed by atoms with Crippen molar-refractivity contribution in [3.05, 3.63) is 22.2 Å². The number of H-pyrrole nitrogens is 1. The van der Waals surface area contributed by atoms with Crippen molar-refractivity contribution >= 4 is 0 Å². The number of nitrogens with one attached hydrogen (secondary N) is 1. The van der Waals surface area contributed by atoms with Gasteiger partial charge in [0.15, 0.2) is 0 Å². The molecule has 1 N–H and O–H groups in total. The molecule has 1 aromatic rings. The molecule has 4 heteroatoms. The Labute approximate surface area is 88.7 Å². The molecule has 1 heterocycles. The third kappa shape index (κ3) is 2.58. The van der Waals surface area contributed by atoms with Crippen LogP contribution in [0.2, 0.25) is 0 Å². The Morgan fingerprint density at radius 2 is 2.27 bits per heavy atom. The molecule has 0 aromatic carbocycles. The lowest BCUT2D eigenvalue weighted by Crippen LogP contribution is -2.16. The second-order valence-electron chi connectivity index (χ2n) is 3.91. The molecule has 82 valence electrons. The van der Waals surface area contributed by atoms with Crippen LogP contribution in [0.15, 0.2) is 10.9 Å². The minimum absolute atomic E-state index is 0.130. The molecule has 2 rings (SSSR count). The van der Waals surface area contributed by atoms with Crippen molar-refractivity contribution in [3.63, 3.8) is 0 Å². The summed E-state index contributed by atoms with van der Waals surface area (Å²) in [5, 5.41) is 0. The third-order valence-electron chi connectivity index (χ3n) is 2.69. The van der Waals surface area contributed by atoms with Gasteiger partial charge in [0.05, 0.1) is 6.07 Å². The van der Waals surface area contributed by atoms with Crippen LogP contribution in [0.4, 0.5) is 0 Å². The molecule has 0 spiro atoms. The highest BCUT2D eigenvalue weighted by Gasteiger charge is 2.17. The number of ether oxygens (including phenoxy) is 1. The average molecular weight is 208 g/mol. The van der Waals surface area contributed by atoms with Gasteiger partial charge in [-0.3, -0.25) is 4.79 Å². The van der Waals surface area contributed by atoms with E-state index in [9.17, 15) is 4.79 Å². The minimum atomic E-state index is -0.130. The van der Waals surface area contributed by atoms with Gasteiger partial charge in [-0.2, -0.15) is 0 Å². The number of hydrogen-bond acceptors (Lipinski definition) is 3. The Bertz CT molecular complexity index is 380. The molecule has 0 atom stereocenters. The maximum Gasteiger partial charge on any atom is 0.254 e. The maximum absolute atomic E-state index is 11.3. The lowest BCUT2D eigenvalue weighted by Gasteiger charge is -2.11. The van der Waals surface area contributed by atoms with Gasteiger partial charge in [0, 0.05) is 6.42 Å². The zero-order chi connectivity index (χ0) is 10.7. The van der Waals surface area contributed by atoms with Crippen LogP contribution in [0.25, 0.3) is 0 Å². The Hall–Kier alpha value is -1.32. The summed E-state index contributed by atoms with van der Waals surface area (Å²) < 4.78 is 5.67. The number of nitrogens with zero attached hydrogens (tertiary/aromatic N) is 1. The summed E-state index contributed by atoms with van der Waals surface area (Å²) >= 11 is 0. The van der Waals surface area contributed by atoms with Crippen molar-refractivity contribution in [2.24, 2.45) is 0 Å². The van der Waals surface area contributed by atoms with Gasteiger partial charge < -0.3 is 9.72 Å². The summed E-state index contributed by atoms with van der Waals surface area (Å²) in [6, 6.07) is 1.43. The molecule has 1 aliphatic rings. The van der Waals surface area contributed by atoms with Crippen LogP contribution >= 0.6 is 0 Å². The van der Waals surface area contributed by atoms with E-state index in [2.05, 4.69) is 9.97 Å². The first-order chi connectivity index (χ1) is 7.28. The molecule has 4 nitrogen and oxygen atoms in total. The zero-order valence-electron chi connectivity index (χ0n) is 8.95. The van der Waals surface area contributed by atoms with E-state index in [0.717, 1.165) is 19.3 Å². The van der Waals surface area contributed by atoms with Gasteiger partial charge in [-0.25, -0.2) is 4.98 Å². The normalized spacial score (nSPS) is 16.9. The van der Waals surface area contributed by atoms with Crippen LogP contribution in [0.5, 0.6) is 5.88 Å². The molecule has 0 aliphatic heterocycles.